The van der Waals surface area contributed by atoms with E-state index in [-0.39, 0.29) is 11.5 Å². The minimum Gasteiger partial charge on any atom is -0.342 e. The van der Waals surface area contributed by atoms with Crippen molar-refractivity contribution in [3.63, 3.8) is 0 Å². The highest BCUT2D eigenvalue weighted by Gasteiger charge is 2.34. The molecule has 3 heterocycles. The maximum absolute atomic E-state index is 11.8. The monoisotopic (exact) mass is 346 g/mol. The van der Waals surface area contributed by atoms with E-state index in [0.29, 0.717) is 12.0 Å². The Morgan fingerprint density at radius 2 is 2.00 bits per heavy atom. The van der Waals surface area contributed by atoms with Crippen molar-refractivity contribution in [1.82, 2.24) is 19.3 Å². The van der Waals surface area contributed by atoms with Gasteiger partial charge in [0.05, 0.1) is 0 Å². The van der Waals surface area contributed by atoms with Gasteiger partial charge in [0.1, 0.15) is 0 Å². The SMILES string of the molecule is CC(=O)N1CCCN([C@@H]2CN(Cc3ccn(C)c(=O)c3)C[C@@H]2C)CC1. The molecule has 2 saturated heterocycles. The molecule has 25 heavy (non-hydrogen) atoms. The lowest BCUT2D eigenvalue weighted by Gasteiger charge is -2.30. The molecule has 1 aromatic rings. The molecule has 1 amide bonds. The minimum absolute atomic E-state index is 0.0538. The third-order valence-electron chi connectivity index (χ3n) is 5.67. The van der Waals surface area contributed by atoms with E-state index in [2.05, 4.69) is 16.7 Å². The van der Waals surface area contributed by atoms with Gasteiger partial charge in [-0.25, -0.2) is 0 Å². The van der Waals surface area contributed by atoms with Crippen LogP contribution in [0.3, 0.4) is 0 Å². The van der Waals surface area contributed by atoms with Crippen LogP contribution >= 0.6 is 0 Å². The molecule has 0 spiro atoms. The fourth-order valence-corrected chi connectivity index (χ4v) is 4.18. The van der Waals surface area contributed by atoms with Crippen molar-refractivity contribution >= 4 is 5.91 Å². The van der Waals surface area contributed by atoms with Gasteiger partial charge in [-0.05, 0) is 24.0 Å². The highest BCUT2D eigenvalue weighted by molar-refractivity contribution is 5.73. The first kappa shape index (κ1) is 18.1. The smallest absolute Gasteiger partial charge is 0.250 e. The molecule has 0 bridgehead atoms. The van der Waals surface area contributed by atoms with Crippen LogP contribution in [0.25, 0.3) is 0 Å². The number of pyridine rings is 1. The van der Waals surface area contributed by atoms with Gasteiger partial charge in [0.15, 0.2) is 0 Å². The number of hydrogen-bond donors (Lipinski definition) is 0. The van der Waals surface area contributed by atoms with Crippen LogP contribution in [0.4, 0.5) is 0 Å². The summed E-state index contributed by atoms with van der Waals surface area (Å²) < 4.78 is 1.61. The second kappa shape index (κ2) is 7.70. The van der Waals surface area contributed by atoms with Gasteiger partial charge in [0, 0.05) is 78.1 Å². The van der Waals surface area contributed by atoms with Crippen LogP contribution in [0.15, 0.2) is 23.1 Å². The lowest BCUT2D eigenvalue weighted by atomic mass is 10.0. The molecule has 2 fully saturated rings. The van der Waals surface area contributed by atoms with Gasteiger partial charge in [-0.1, -0.05) is 6.92 Å². The molecular weight excluding hydrogens is 316 g/mol. The van der Waals surface area contributed by atoms with Crippen LogP contribution in [0.2, 0.25) is 0 Å². The zero-order valence-corrected chi connectivity index (χ0v) is 15.6. The van der Waals surface area contributed by atoms with E-state index in [9.17, 15) is 9.59 Å². The Morgan fingerprint density at radius 1 is 1.20 bits per heavy atom. The summed E-state index contributed by atoms with van der Waals surface area (Å²) >= 11 is 0. The Bertz CT molecular complexity index is 672. The van der Waals surface area contributed by atoms with Crippen molar-refractivity contribution in [3.8, 4) is 0 Å². The first-order valence-electron chi connectivity index (χ1n) is 9.31. The Hall–Kier alpha value is -1.66. The van der Waals surface area contributed by atoms with Crippen LogP contribution in [-0.2, 0) is 18.4 Å². The number of aromatic nitrogens is 1. The van der Waals surface area contributed by atoms with Crippen LogP contribution in [0, 0.1) is 5.92 Å². The average Bonchev–Trinajstić information content (AvgIpc) is 2.78. The second-order valence-corrected chi connectivity index (χ2v) is 7.62. The second-order valence-electron chi connectivity index (χ2n) is 7.62. The van der Waals surface area contributed by atoms with E-state index in [1.54, 1.807) is 24.6 Å². The summed E-state index contributed by atoms with van der Waals surface area (Å²) in [5.74, 6) is 0.795. The van der Waals surface area contributed by atoms with E-state index < -0.39 is 0 Å². The summed E-state index contributed by atoms with van der Waals surface area (Å²) in [5, 5.41) is 0. The fraction of sp³-hybridized carbons (Fsp3) is 0.684. The molecule has 2 aliphatic heterocycles. The normalized spacial score (nSPS) is 26.0. The van der Waals surface area contributed by atoms with Gasteiger partial charge in [0.2, 0.25) is 5.91 Å². The minimum atomic E-state index is 0.0538. The van der Waals surface area contributed by atoms with Gasteiger partial charge in [-0.3, -0.25) is 19.4 Å². The molecule has 6 heteroatoms. The van der Waals surface area contributed by atoms with Crippen molar-refractivity contribution in [2.24, 2.45) is 13.0 Å². The predicted molar refractivity (Wildman–Crippen MR) is 98.4 cm³/mol. The molecule has 2 atom stereocenters. The van der Waals surface area contributed by atoms with Crippen molar-refractivity contribution in [1.29, 1.82) is 0 Å². The Labute approximate surface area is 150 Å². The van der Waals surface area contributed by atoms with Gasteiger partial charge in [0.25, 0.3) is 5.56 Å². The van der Waals surface area contributed by atoms with E-state index in [4.69, 9.17) is 0 Å². The van der Waals surface area contributed by atoms with E-state index in [1.807, 2.05) is 17.2 Å². The molecule has 0 aromatic carbocycles. The first-order valence-corrected chi connectivity index (χ1v) is 9.31. The Balaban J connectivity index is 1.60. The summed E-state index contributed by atoms with van der Waals surface area (Å²) in [6, 6.07) is 4.32. The van der Waals surface area contributed by atoms with Gasteiger partial charge in [-0.2, -0.15) is 0 Å². The maximum atomic E-state index is 11.8. The lowest BCUT2D eigenvalue weighted by Crippen LogP contribution is -2.42. The highest BCUT2D eigenvalue weighted by Crippen LogP contribution is 2.24. The van der Waals surface area contributed by atoms with Crippen molar-refractivity contribution in [2.75, 3.05) is 39.3 Å². The van der Waals surface area contributed by atoms with E-state index in [0.717, 1.165) is 57.8 Å². The fourth-order valence-electron chi connectivity index (χ4n) is 4.18. The summed E-state index contributed by atoms with van der Waals surface area (Å²) in [6.45, 7) is 10.7. The van der Waals surface area contributed by atoms with Crippen LogP contribution in [-0.4, -0.2) is 70.5 Å². The number of rotatable bonds is 3. The van der Waals surface area contributed by atoms with Crippen molar-refractivity contribution in [2.45, 2.75) is 32.9 Å². The van der Waals surface area contributed by atoms with Crippen LogP contribution in [0.1, 0.15) is 25.8 Å². The molecule has 2 aliphatic rings. The van der Waals surface area contributed by atoms with E-state index >= 15 is 0 Å². The molecule has 0 radical (unpaired) electrons. The molecule has 0 saturated carbocycles. The maximum Gasteiger partial charge on any atom is 0.250 e. The van der Waals surface area contributed by atoms with Crippen LogP contribution < -0.4 is 5.56 Å². The largest absolute Gasteiger partial charge is 0.342 e. The van der Waals surface area contributed by atoms with Crippen molar-refractivity contribution < 1.29 is 4.79 Å². The standard InChI is InChI=1S/C19H30N4O2/c1-15-12-21(13-17-5-8-20(3)19(25)11-17)14-18(15)23-7-4-6-22(9-10-23)16(2)24/h5,8,11,15,18H,4,6-7,9-10,12-14H2,1-3H3/t15-,18+/m0/s1. The quantitative estimate of drug-likeness (QED) is 0.811. The third-order valence-corrected chi connectivity index (χ3v) is 5.67. The van der Waals surface area contributed by atoms with Gasteiger partial charge >= 0.3 is 0 Å². The van der Waals surface area contributed by atoms with Gasteiger partial charge < -0.3 is 9.47 Å². The Kier molecular flexibility index (Phi) is 5.59. The molecule has 0 aliphatic carbocycles. The first-order chi connectivity index (χ1) is 11.9. The summed E-state index contributed by atoms with van der Waals surface area (Å²) in [5.41, 5.74) is 1.15. The molecule has 0 unspecified atom stereocenters. The number of carbonyl (C=O) groups excluding carboxylic acids is 1. The van der Waals surface area contributed by atoms with Crippen LogP contribution in [0.5, 0.6) is 0 Å². The number of amides is 1. The number of carbonyl (C=O) groups is 1. The van der Waals surface area contributed by atoms with Crippen molar-refractivity contribution in [3.05, 3.63) is 34.2 Å². The average molecular weight is 346 g/mol. The zero-order chi connectivity index (χ0) is 18.0. The number of nitrogens with zero attached hydrogens (tertiary/aromatic N) is 4. The number of likely N-dealkylation sites (tertiary alicyclic amines) is 1. The Morgan fingerprint density at radius 3 is 2.72 bits per heavy atom. The molecule has 138 valence electrons. The lowest BCUT2D eigenvalue weighted by molar-refractivity contribution is -0.128. The summed E-state index contributed by atoms with van der Waals surface area (Å²) in [7, 11) is 1.78. The zero-order valence-electron chi connectivity index (χ0n) is 15.6. The van der Waals surface area contributed by atoms with E-state index in [1.165, 1.54) is 0 Å². The number of aryl methyl sites for hydroxylation is 1. The highest BCUT2D eigenvalue weighted by atomic mass is 16.2. The topological polar surface area (TPSA) is 48.8 Å². The third kappa shape index (κ3) is 4.30. The predicted octanol–water partition coefficient (Wildman–Crippen LogP) is 0.760. The summed E-state index contributed by atoms with van der Waals surface area (Å²) in [4.78, 5) is 30.4. The molecule has 0 N–H and O–H groups in total. The number of hydrogen-bond acceptors (Lipinski definition) is 4. The molecule has 3 rings (SSSR count). The molecule has 1 aromatic heterocycles. The summed E-state index contributed by atoms with van der Waals surface area (Å²) in [6.07, 6.45) is 2.90. The molecular formula is C19H30N4O2. The molecule has 6 nitrogen and oxygen atoms in total. The van der Waals surface area contributed by atoms with Gasteiger partial charge in [-0.15, -0.1) is 0 Å².